The molecular weight excluding hydrogens is 287 g/mol. The molecule has 0 saturated heterocycles. The smallest absolute Gasteiger partial charge is 0.189 e. The van der Waals surface area contributed by atoms with E-state index in [4.69, 9.17) is 0 Å². The van der Waals surface area contributed by atoms with Gasteiger partial charge in [0.15, 0.2) is 5.16 Å². The Morgan fingerprint density at radius 3 is 2.81 bits per heavy atom. The number of nitrogens with zero attached hydrogens (tertiary/aromatic N) is 2. The lowest BCUT2D eigenvalue weighted by atomic mass is 10.1. The number of aromatic nitrogens is 2. The number of rotatable bonds is 3. The molecule has 0 saturated carbocycles. The topological polar surface area (TPSA) is 49.8 Å². The Hall–Kier alpha value is -1.66. The second kappa shape index (κ2) is 6.41. The number of hydrogen-bond donors (Lipinski definition) is 2. The van der Waals surface area contributed by atoms with Gasteiger partial charge in [0, 0.05) is 18.5 Å². The van der Waals surface area contributed by atoms with Crippen LogP contribution in [0.25, 0.3) is 0 Å². The third kappa shape index (κ3) is 3.16. The van der Waals surface area contributed by atoms with Crippen LogP contribution in [0.3, 0.4) is 0 Å². The molecule has 0 unspecified atom stereocenters. The first kappa shape index (κ1) is 14.3. The number of halogens is 1. The highest BCUT2D eigenvalue weighted by Gasteiger charge is 2.17. The Bertz CT molecular complexity index is 648. The van der Waals surface area contributed by atoms with Crippen molar-refractivity contribution in [2.75, 3.05) is 24.7 Å². The molecule has 0 amide bonds. The van der Waals surface area contributed by atoms with E-state index in [9.17, 15) is 4.39 Å². The van der Waals surface area contributed by atoms with Gasteiger partial charge < -0.3 is 10.6 Å². The molecule has 0 bridgehead atoms. The fourth-order valence-electron chi connectivity index (χ4n) is 2.41. The highest BCUT2D eigenvalue weighted by atomic mass is 32.2. The molecule has 21 heavy (non-hydrogen) atoms. The molecule has 110 valence electrons. The maximum atomic E-state index is 13.8. The molecule has 0 radical (unpaired) electrons. The Morgan fingerprint density at radius 2 is 2.00 bits per heavy atom. The van der Waals surface area contributed by atoms with E-state index in [0.29, 0.717) is 5.69 Å². The number of benzene rings is 1. The normalized spacial score (nSPS) is 14.4. The minimum atomic E-state index is -0.276. The Kier molecular flexibility index (Phi) is 4.36. The van der Waals surface area contributed by atoms with E-state index in [-0.39, 0.29) is 5.82 Å². The van der Waals surface area contributed by atoms with Crippen LogP contribution in [-0.4, -0.2) is 29.3 Å². The first-order valence-corrected chi connectivity index (χ1v) is 8.16. The molecule has 1 aliphatic rings. The van der Waals surface area contributed by atoms with Gasteiger partial charge in [-0.05, 0) is 31.4 Å². The molecule has 0 atom stereocenters. The van der Waals surface area contributed by atoms with Crippen LogP contribution in [0.5, 0.6) is 0 Å². The number of para-hydroxylation sites is 1. The van der Waals surface area contributed by atoms with Crippen molar-refractivity contribution in [1.29, 1.82) is 0 Å². The van der Waals surface area contributed by atoms with Crippen LogP contribution in [0, 0.1) is 5.82 Å². The van der Waals surface area contributed by atoms with E-state index in [0.717, 1.165) is 48.2 Å². The fraction of sp³-hybridized carbons (Fsp3) is 0.333. The summed E-state index contributed by atoms with van der Waals surface area (Å²) in [6, 6.07) is 6.65. The molecule has 1 aromatic heterocycles. The number of thioether (sulfide) groups is 1. The molecule has 2 heterocycles. The zero-order valence-electron chi connectivity index (χ0n) is 11.8. The van der Waals surface area contributed by atoms with Crippen LogP contribution in [0.1, 0.15) is 11.3 Å². The zero-order chi connectivity index (χ0) is 14.7. The van der Waals surface area contributed by atoms with Gasteiger partial charge >= 0.3 is 0 Å². The molecule has 4 nitrogen and oxygen atoms in total. The number of nitrogens with one attached hydrogen (secondary N) is 2. The quantitative estimate of drug-likeness (QED) is 0.674. The van der Waals surface area contributed by atoms with Gasteiger partial charge in [0.1, 0.15) is 11.6 Å². The van der Waals surface area contributed by atoms with Crippen molar-refractivity contribution >= 4 is 23.3 Å². The van der Waals surface area contributed by atoms with E-state index in [1.165, 1.54) is 17.8 Å². The highest BCUT2D eigenvalue weighted by molar-refractivity contribution is 7.98. The zero-order valence-corrected chi connectivity index (χ0v) is 12.6. The Balaban J connectivity index is 2.02. The van der Waals surface area contributed by atoms with Crippen LogP contribution in [0.2, 0.25) is 0 Å². The minimum absolute atomic E-state index is 0.276. The van der Waals surface area contributed by atoms with E-state index < -0.39 is 0 Å². The molecule has 0 spiro atoms. The molecular formula is C15H17FN4S. The predicted octanol–water partition coefficient (Wildman–Crippen LogP) is 2.77. The average molecular weight is 304 g/mol. The lowest BCUT2D eigenvalue weighted by Crippen LogP contribution is -2.16. The molecule has 1 aliphatic heterocycles. The summed E-state index contributed by atoms with van der Waals surface area (Å²) in [4.78, 5) is 9.12. The summed E-state index contributed by atoms with van der Waals surface area (Å²) in [6.07, 6.45) is 3.67. The summed E-state index contributed by atoms with van der Waals surface area (Å²) in [6.45, 7) is 1.80. The van der Waals surface area contributed by atoms with Crippen molar-refractivity contribution in [2.45, 2.75) is 18.0 Å². The fourth-order valence-corrected chi connectivity index (χ4v) is 2.79. The lowest BCUT2D eigenvalue weighted by Gasteiger charge is -2.14. The van der Waals surface area contributed by atoms with Gasteiger partial charge in [0.05, 0.1) is 11.4 Å². The van der Waals surface area contributed by atoms with E-state index >= 15 is 0 Å². The van der Waals surface area contributed by atoms with Crippen LogP contribution in [0.4, 0.5) is 15.9 Å². The summed E-state index contributed by atoms with van der Waals surface area (Å²) in [5, 5.41) is 7.21. The van der Waals surface area contributed by atoms with Crippen molar-refractivity contribution in [2.24, 2.45) is 0 Å². The van der Waals surface area contributed by atoms with Crippen molar-refractivity contribution in [3.8, 4) is 0 Å². The summed E-state index contributed by atoms with van der Waals surface area (Å²) in [5.41, 5.74) is 2.59. The summed E-state index contributed by atoms with van der Waals surface area (Å²) in [5.74, 6) is 0.445. The van der Waals surface area contributed by atoms with Crippen molar-refractivity contribution in [3.05, 3.63) is 41.3 Å². The molecule has 2 N–H and O–H groups in total. The number of anilines is 2. The average Bonchev–Trinajstić information content (AvgIpc) is 2.74. The maximum Gasteiger partial charge on any atom is 0.189 e. The first-order valence-electron chi connectivity index (χ1n) is 6.94. The number of hydrogen-bond acceptors (Lipinski definition) is 5. The summed E-state index contributed by atoms with van der Waals surface area (Å²) >= 11 is 1.50. The lowest BCUT2D eigenvalue weighted by molar-refractivity contribution is 0.631. The van der Waals surface area contributed by atoms with E-state index in [2.05, 4.69) is 20.6 Å². The molecule has 6 heteroatoms. The van der Waals surface area contributed by atoms with Gasteiger partial charge in [-0.2, -0.15) is 0 Å². The summed E-state index contributed by atoms with van der Waals surface area (Å²) in [7, 11) is 0. The largest absolute Gasteiger partial charge is 0.337 e. The van der Waals surface area contributed by atoms with Crippen molar-refractivity contribution in [3.63, 3.8) is 0 Å². The minimum Gasteiger partial charge on any atom is -0.337 e. The number of fused-ring (bicyclic) bond motifs is 1. The van der Waals surface area contributed by atoms with E-state index in [1.807, 2.05) is 12.3 Å². The predicted molar refractivity (Wildman–Crippen MR) is 83.8 cm³/mol. The van der Waals surface area contributed by atoms with E-state index in [1.54, 1.807) is 12.1 Å². The summed E-state index contributed by atoms with van der Waals surface area (Å²) < 4.78 is 13.8. The standard InChI is InChI=1S/C15H17FN4S/c1-21-15-19-12-7-9-17-8-6-10(12)14(20-15)18-13-5-3-2-4-11(13)16/h2-5,17H,6-9H2,1H3,(H,18,19,20). The monoisotopic (exact) mass is 304 g/mol. The molecule has 0 fully saturated rings. The maximum absolute atomic E-state index is 13.8. The van der Waals surface area contributed by atoms with Gasteiger partial charge in [-0.15, -0.1) is 0 Å². The second-order valence-corrected chi connectivity index (χ2v) is 5.61. The van der Waals surface area contributed by atoms with Gasteiger partial charge in [0.2, 0.25) is 0 Å². The SMILES string of the molecule is CSc1nc2c(c(Nc3ccccc3F)n1)CCNCC2. The first-order chi connectivity index (χ1) is 10.3. The molecule has 2 aromatic rings. The third-order valence-corrected chi connectivity index (χ3v) is 4.02. The molecule has 3 rings (SSSR count). The highest BCUT2D eigenvalue weighted by Crippen LogP contribution is 2.26. The van der Waals surface area contributed by atoms with Crippen molar-refractivity contribution in [1.82, 2.24) is 15.3 Å². The van der Waals surface area contributed by atoms with Gasteiger partial charge in [-0.3, -0.25) is 0 Å². The van der Waals surface area contributed by atoms with Crippen molar-refractivity contribution < 1.29 is 4.39 Å². The van der Waals surface area contributed by atoms with Gasteiger partial charge in [0.25, 0.3) is 0 Å². The molecule has 1 aromatic carbocycles. The third-order valence-electron chi connectivity index (χ3n) is 3.47. The Morgan fingerprint density at radius 1 is 1.19 bits per heavy atom. The van der Waals surface area contributed by atoms with Crippen LogP contribution < -0.4 is 10.6 Å². The van der Waals surface area contributed by atoms with Crippen LogP contribution in [-0.2, 0) is 12.8 Å². The second-order valence-electron chi connectivity index (χ2n) is 4.84. The van der Waals surface area contributed by atoms with Gasteiger partial charge in [-0.25, -0.2) is 14.4 Å². The Labute approximate surface area is 127 Å². The molecule has 0 aliphatic carbocycles. The van der Waals surface area contributed by atoms with Gasteiger partial charge in [-0.1, -0.05) is 23.9 Å². The van der Waals surface area contributed by atoms with Crippen LogP contribution in [0.15, 0.2) is 29.4 Å². The van der Waals surface area contributed by atoms with Crippen LogP contribution >= 0.6 is 11.8 Å².